The van der Waals surface area contributed by atoms with Gasteiger partial charge in [-0.3, -0.25) is 14.4 Å². The van der Waals surface area contributed by atoms with E-state index >= 15 is 0 Å². The highest BCUT2D eigenvalue weighted by atomic mass is 16.5. The number of primary amides is 1. The van der Waals surface area contributed by atoms with Crippen LogP contribution >= 0.6 is 0 Å². The lowest BCUT2D eigenvalue weighted by molar-refractivity contribution is 0.0926. The molecule has 1 aliphatic heterocycles. The summed E-state index contributed by atoms with van der Waals surface area (Å²) in [5.74, 6) is -0.798. The molecule has 0 atom stereocenters. The van der Waals surface area contributed by atoms with E-state index in [1.165, 1.54) is 12.1 Å². The molecule has 0 unspecified atom stereocenters. The number of rotatable bonds is 4. The van der Waals surface area contributed by atoms with Gasteiger partial charge in [0.2, 0.25) is 0 Å². The maximum absolute atomic E-state index is 12.8. The standard InChI is InChI=1S/C21H14N2O4/c22-19(24)17-11-10-14(27-13-6-2-1-3-7-13)12-18(17)23-20(25)15-8-4-5-9-16(15)21(23)26/h1-12H,(H2,22,24). The summed E-state index contributed by atoms with van der Waals surface area (Å²) in [7, 11) is 0. The summed E-state index contributed by atoms with van der Waals surface area (Å²) in [6.45, 7) is 0. The second-order valence-corrected chi connectivity index (χ2v) is 5.95. The van der Waals surface area contributed by atoms with Crippen LogP contribution in [0.1, 0.15) is 31.1 Å². The van der Waals surface area contributed by atoms with E-state index in [4.69, 9.17) is 10.5 Å². The predicted molar refractivity (Wildman–Crippen MR) is 99.1 cm³/mol. The third-order valence-corrected chi connectivity index (χ3v) is 4.25. The highest BCUT2D eigenvalue weighted by molar-refractivity contribution is 6.35. The molecule has 4 rings (SSSR count). The van der Waals surface area contributed by atoms with Crippen molar-refractivity contribution in [1.82, 2.24) is 0 Å². The Morgan fingerprint density at radius 2 is 1.37 bits per heavy atom. The van der Waals surface area contributed by atoms with Crippen molar-refractivity contribution in [3.05, 3.63) is 89.5 Å². The van der Waals surface area contributed by atoms with E-state index in [2.05, 4.69) is 0 Å². The number of imide groups is 1. The van der Waals surface area contributed by atoms with E-state index < -0.39 is 17.7 Å². The minimum Gasteiger partial charge on any atom is -0.457 e. The number of amides is 3. The molecule has 132 valence electrons. The highest BCUT2D eigenvalue weighted by Crippen LogP contribution is 2.34. The van der Waals surface area contributed by atoms with Gasteiger partial charge in [-0.15, -0.1) is 0 Å². The van der Waals surface area contributed by atoms with Gasteiger partial charge >= 0.3 is 0 Å². The molecule has 27 heavy (non-hydrogen) atoms. The number of carbonyl (C=O) groups is 3. The van der Waals surface area contributed by atoms with Crippen LogP contribution in [0.2, 0.25) is 0 Å². The first-order chi connectivity index (χ1) is 13.1. The summed E-state index contributed by atoms with van der Waals surface area (Å²) in [4.78, 5) is 38.4. The van der Waals surface area contributed by atoms with Crippen LogP contribution in [0.25, 0.3) is 0 Å². The number of nitrogens with two attached hydrogens (primary N) is 1. The lowest BCUT2D eigenvalue weighted by Gasteiger charge is -2.18. The Morgan fingerprint density at radius 3 is 1.96 bits per heavy atom. The summed E-state index contributed by atoms with van der Waals surface area (Å²) in [5, 5.41) is 0. The van der Waals surface area contributed by atoms with Crippen LogP contribution in [0.5, 0.6) is 11.5 Å². The molecule has 6 heteroatoms. The second-order valence-electron chi connectivity index (χ2n) is 5.95. The fourth-order valence-electron chi connectivity index (χ4n) is 3.00. The number of anilines is 1. The van der Waals surface area contributed by atoms with Gasteiger partial charge in [0.15, 0.2) is 0 Å². The molecule has 2 N–H and O–H groups in total. The lowest BCUT2D eigenvalue weighted by atomic mass is 10.1. The molecule has 0 bridgehead atoms. The zero-order chi connectivity index (χ0) is 19.0. The first-order valence-electron chi connectivity index (χ1n) is 8.21. The Morgan fingerprint density at radius 1 is 0.778 bits per heavy atom. The Bertz CT molecular complexity index is 1040. The fourth-order valence-corrected chi connectivity index (χ4v) is 3.00. The van der Waals surface area contributed by atoms with Gasteiger partial charge in [-0.1, -0.05) is 30.3 Å². The SMILES string of the molecule is NC(=O)c1ccc(Oc2ccccc2)cc1N1C(=O)c2ccccc2C1=O. The molecule has 0 aromatic heterocycles. The average molecular weight is 358 g/mol. The van der Waals surface area contributed by atoms with Crippen molar-refractivity contribution in [1.29, 1.82) is 0 Å². The predicted octanol–water partition coefficient (Wildman–Crippen LogP) is 3.38. The summed E-state index contributed by atoms with van der Waals surface area (Å²) < 4.78 is 5.76. The molecule has 3 amide bonds. The maximum atomic E-state index is 12.8. The van der Waals surface area contributed by atoms with E-state index in [0.29, 0.717) is 11.5 Å². The van der Waals surface area contributed by atoms with Gasteiger partial charge in [-0.25, -0.2) is 4.90 Å². The Labute approximate surface area is 154 Å². The largest absolute Gasteiger partial charge is 0.457 e. The summed E-state index contributed by atoms with van der Waals surface area (Å²) in [6.07, 6.45) is 0. The number of hydrogen-bond donors (Lipinski definition) is 1. The quantitative estimate of drug-likeness (QED) is 0.724. The van der Waals surface area contributed by atoms with Crippen molar-refractivity contribution >= 4 is 23.4 Å². The van der Waals surface area contributed by atoms with Crippen molar-refractivity contribution in [3.63, 3.8) is 0 Å². The van der Waals surface area contributed by atoms with Crippen molar-refractivity contribution in [2.24, 2.45) is 5.73 Å². The van der Waals surface area contributed by atoms with Crippen LogP contribution in [0.3, 0.4) is 0 Å². The van der Waals surface area contributed by atoms with Gasteiger partial charge < -0.3 is 10.5 Å². The van der Waals surface area contributed by atoms with E-state index in [1.54, 1.807) is 42.5 Å². The number of para-hydroxylation sites is 1. The Kier molecular flexibility index (Phi) is 3.93. The molecule has 0 fully saturated rings. The number of benzene rings is 3. The second kappa shape index (κ2) is 6.42. The van der Waals surface area contributed by atoms with Crippen LogP contribution in [0.4, 0.5) is 5.69 Å². The van der Waals surface area contributed by atoms with E-state index in [0.717, 1.165) is 4.90 Å². The molecule has 3 aromatic rings. The molecule has 1 aliphatic rings. The lowest BCUT2D eigenvalue weighted by Crippen LogP contribution is -2.31. The van der Waals surface area contributed by atoms with E-state index in [-0.39, 0.29) is 22.4 Å². The average Bonchev–Trinajstić information content (AvgIpc) is 2.93. The van der Waals surface area contributed by atoms with Gasteiger partial charge in [0.05, 0.1) is 22.4 Å². The first-order valence-corrected chi connectivity index (χ1v) is 8.21. The molecule has 0 saturated carbocycles. The maximum Gasteiger partial charge on any atom is 0.266 e. The number of nitrogens with zero attached hydrogens (tertiary/aromatic N) is 1. The minimum atomic E-state index is -0.743. The molecule has 1 heterocycles. The van der Waals surface area contributed by atoms with Crippen LogP contribution in [0.15, 0.2) is 72.8 Å². The van der Waals surface area contributed by atoms with Gasteiger partial charge in [-0.05, 0) is 36.4 Å². The zero-order valence-electron chi connectivity index (χ0n) is 14.1. The highest BCUT2D eigenvalue weighted by Gasteiger charge is 2.38. The number of hydrogen-bond acceptors (Lipinski definition) is 4. The summed E-state index contributed by atoms with van der Waals surface area (Å²) >= 11 is 0. The van der Waals surface area contributed by atoms with Gasteiger partial charge in [0.1, 0.15) is 11.5 Å². The molecule has 0 saturated heterocycles. The van der Waals surface area contributed by atoms with Gasteiger partial charge in [0, 0.05) is 6.07 Å². The topological polar surface area (TPSA) is 89.7 Å². The molecule has 0 spiro atoms. The third kappa shape index (κ3) is 2.83. The van der Waals surface area contributed by atoms with Crippen LogP contribution in [-0.4, -0.2) is 17.7 Å². The molecule has 0 radical (unpaired) electrons. The van der Waals surface area contributed by atoms with Crippen molar-refractivity contribution in [3.8, 4) is 11.5 Å². The fraction of sp³-hybridized carbons (Fsp3) is 0. The third-order valence-electron chi connectivity index (χ3n) is 4.25. The number of carbonyl (C=O) groups excluding carboxylic acids is 3. The van der Waals surface area contributed by atoms with Gasteiger partial charge in [0.25, 0.3) is 17.7 Å². The van der Waals surface area contributed by atoms with E-state index in [9.17, 15) is 14.4 Å². The normalized spacial score (nSPS) is 12.8. The summed E-state index contributed by atoms with van der Waals surface area (Å²) in [6, 6.07) is 20.0. The van der Waals surface area contributed by atoms with Crippen LogP contribution in [0, 0.1) is 0 Å². The Hall–Kier alpha value is -3.93. The molecule has 6 nitrogen and oxygen atoms in total. The van der Waals surface area contributed by atoms with Crippen molar-refractivity contribution < 1.29 is 19.1 Å². The molecular formula is C21H14N2O4. The molecule has 3 aromatic carbocycles. The van der Waals surface area contributed by atoms with Crippen LogP contribution < -0.4 is 15.4 Å². The molecular weight excluding hydrogens is 344 g/mol. The number of fused-ring (bicyclic) bond motifs is 1. The van der Waals surface area contributed by atoms with Crippen LogP contribution in [-0.2, 0) is 0 Å². The van der Waals surface area contributed by atoms with Crippen molar-refractivity contribution in [2.45, 2.75) is 0 Å². The Balaban J connectivity index is 1.79. The minimum absolute atomic E-state index is 0.0601. The van der Waals surface area contributed by atoms with Crippen molar-refractivity contribution in [2.75, 3.05) is 4.90 Å². The first kappa shape index (κ1) is 16.5. The number of ether oxygens (including phenoxy) is 1. The monoisotopic (exact) mass is 358 g/mol. The molecule has 0 aliphatic carbocycles. The zero-order valence-corrected chi connectivity index (χ0v) is 14.1. The van der Waals surface area contributed by atoms with E-state index in [1.807, 2.05) is 18.2 Å². The summed E-state index contributed by atoms with van der Waals surface area (Å²) in [5.41, 5.74) is 6.18. The smallest absolute Gasteiger partial charge is 0.266 e. The van der Waals surface area contributed by atoms with Gasteiger partial charge in [-0.2, -0.15) is 0 Å².